The van der Waals surface area contributed by atoms with E-state index in [2.05, 4.69) is 12.2 Å². The first kappa shape index (κ1) is 36.1. The molecule has 4 aliphatic rings. The number of methoxy groups -OCH3 is 1. The van der Waals surface area contributed by atoms with Crippen LogP contribution in [-0.4, -0.2) is 81.1 Å². The van der Waals surface area contributed by atoms with E-state index in [0.717, 1.165) is 37.7 Å². The number of nitrogens with one attached hydrogen (secondary N) is 1. The second-order valence-corrected chi connectivity index (χ2v) is 14.5. The lowest BCUT2D eigenvalue weighted by Crippen LogP contribution is -2.62. The molecule has 0 bridgehead atoms. The number of hydrogen-bond donors (Lipinski definition) is 4. The van der Waals surface area contributed by atoms with E-state index in [0.29, 0.717) is 19.3 Å². The Morgan fingerprint density at radius 2 is 1.86 bits per heavy atom. The molecule has 3 fully saturated rings. The summed E-state index contributed by atoms with van der Waals surface area (Å²) >= 11 is 0. The number of aliphatic hydroxyl groups is 2. The number of nitro groups is 1. The minimum atomic E-state index is -1.82. The molecule has 0 saturated heterocycles. The Morgan fingerprint density at radius 3 is 2.55 bits per heavy atom. The number of ether oxygens (including phenoxy) is 2. The molecule has 0 radical (unpaired) electrons. The Kier molecular flexibility index (Phi) is 10.0. The van der Waals surface area contributed by atoms with Crippen LogP contribution in [0.2, 0.25) is 0 Å². The minimum absolute atomic E-state index is 0.0410. The number of fused-ring (bicyclic) bond motifs is 5. The summed E-state index contributed by atoms with van der Waals surface area (Å²) in [6.45, 7) is 3.25. The van der Waals surface area contributed by atoms with Gasteiger partial charge in [0.25, 0.3) is 0 Å². The van der Waals surface area contributed by atoms with E-state index in [4.69, 9.17) is 9.47 Å². The van der Waals surface area contributed by atoms with Gasteiger partial charge in [0.2, 0.25) is 11.7 Å². The number of rotatable bonds is 11. The van der Waals surface area contributed by atoms with Gasteiger partial charge in [0.05, 0.1) is 24.6 Å². The van der Waals surface area contributed by atoms with Crippen molar-refractivity contribution in [2.45, 2.75) is 95.8 Å². The Hall–Kier alpha value is -4.17. The second-order valence-electron chi connectivity index (χ2n) is 14.5. The molecule has 8 atom stereocenters. The van der Waals surface area contributed by atoms with E-state index in [1.54, 1.807) is 6.08 Å². The predicted octanol–water partition coefficient (Wildman–Crippen LogP) is 2.63. The lowest BCUT2D eigenvalue weighted by atomic mass is 9.45. The standard InChI is InChI=1S/C35H44N2O12/c1-33-12-10-21(38)16-20(33)5-6-22-23-11-13-35(45,34(23,2)17-27(40)31(22)33)28(41)18-49-30(43)9-8-29(42)36-24(32(44)48-3)14-19-4-7-26(39)25(15-19)37(46)47/h4,7,15-16,22-24,27,31,39-40,45H,5-6,8-14,17-18H2,1-3H3,(H,36,42)/t22-,23-,24+,27-,31+,33-,34-,35-/m0/s1. The summed E-state index contributed by atoms with van der Waals surface area (Å²) in [4.78, 5) is 73.6. The van der Waals surface area contributed by atoms with Crippen LogP contribution >= 0.6 is 0 Å². The summed E-state index contributed by atoms with van der Waals surface area (Å²) in [5.41, 5.74) is -2.30. The number of nitrogens with zero attached hydrogens (tertiary/aromatic N) is 1. The number of nitro benzene ring substituents is 1. The molecule has 5 rings (SSSR count). The van der Waals surface area contributed by atoms with Gasteiger partial charge in [0.15, 0.2) is 18.1 Å². The molecular weight excluding hydrogens is 640 g/mol. The Labute approximate surface area is 283 Å². The number of amides is 1. The zero-order chi connectivity index (χ0) is 35.9. The molecule has 0 heterocycles. The maximum atomic E-state index is 13.5. The molecule has 14 nitrogen and oxygen atoms in total. The van der Waals surface area contributed by atoms with E-state index in [1.165, 1.54) is 6.07 Å². The number of allylic oxidation sites excluding steroid dienone is 1. The molecule has 0 aliphatic heterocycles. The van der Waals surface area contributed by atoms with Crippen LogP contribution in [0.3, 0.4) is 0 Å². The number of esters is 2. The average Bonchev–Trinajstić information content (AvgIpc) is 3.33. The van der Waals surface area contributed by atoms with Crippen LogP contribution in [-0.2, 0) is 39.9 Å². The van der Waals surface area contributed by atoms with Crippen molar-refractivity contribution in [2.75, 3.05) is 13.7 Å². The van der Waals surface area contributed by atoms with Gasteiger partial charge in [-0.05, 0) is 79.4 Å². The van der Waals surface area contributed by atoms with E-state index in [9.17, 15) is 49.4 Å². The third-order valence-corrected chi connectivity index (χ3v) is 11.9. The quantitative estimate of drug-likeness (QED) is 0.150. The van der Waals surface area contributed by atoms with Crippen LogP contribution in [0.25, 0.3) is 0 Å². The first-order chi connectivity index (χ1) is 23.0. The van der Waals surface area contributed by atoms with Crippen LogP contribution in [0.1, 0.15) is 77.2 Å². The number of carbonyl (C=O) groups excluding carboxylic acids is 5. The number of phenols is 1. The maximum Gasteiger partial charge on any atom is 0.328 e. The Balaban J connectivity index is 1.16. The molecule has 1 amide bonds. The highest BCUT2D eigenvalue weighted by atomic mass is 16.6. The largest absolute Gasteiger partial charge is 0.502 e. The maximum absolute atomic E-state index is 13.5. The fourth-order valence-corrected chi connectivity index (χ4v) is 9.38. The predicted molar refractivity (Wildman–Crippen MR) is 171 cm³/mol. The highest BCUT2D eigenvalue weighted by Gasteiger charge is 2.68. The summed E-state index contributed by atoms with van der Waals surface area (Å²) in [6.07, 6.45) is 3.47. The topological polar surface area (TPSA) is 220 Å². The zero-order valence-corrected chi connectivity index (χ0v) is 27.9. The molecule has 1 aromatic rings. The van der Waals surface area contributed by atoms with Gasteiger partial charge in [-0.1, -0.05) is 25.5 Å². The summed E-state index contributed by atoms with van der Waals surface area (Å²) < 4.78 is 9.92. The molecule has 4 aliphatic carbocycles. The van der Waals surface area contributed by atoms with Gasteiger partial charge in [-0.2, -0.15) is 0 Å². The summed E-state index contributed by atoms with van der Waals surface area (Å²) in [5.74, 6) is -3.60. The van der Waals surface area contributed by atoms with Crippen LogP contribution in [0, 0.1) is 38.7 Å². The molecule has 266 valence electrons. The highest BCUT2D eigenvalue weighted by molar-refractivity contribution is 5.92. The molecule has 3 saturated carbocycles. The third kappa shape index (κ3) is 6.60. The smallest absolute Gasteiger partial charge is 0.328 e. The fourth-order valence-electron chi connectivity index (χ4n) is 9.38. The summed E-state index contributed by atoms with van der Waals surface area (Å²) in [5, 5.41) is 46.7. The van der Waals surface area contributed by atoms with Crippen molar-refractivity contribution in [1.29, 1.82) is 0 Å². The molecule has 0 aromatic heterocycles. The van der Waals surface area contributed by atoms with Gasteiger partial charge >= 0.3 is 17.6 Å². The van der Waals surface area contributed by atoms with Gasteiger partial charge in [0, 0.05) is 30.7 Å². The number of phenolic OH excluding ortho intramolecular Hbond substituents is 1. The monoisotopic (exact) mass is 684 g/mol. The molecule has 1 aromatic carbocycles. The SMILES string of the molecule is COC(=O)[C@@H](Cc1ccc(O)c([N+](=O)[O-])c1)NC(=O)CCC(=O)OCC(=O)[C@@]1(O)CC[C@H]2[C@@H]3CCC4=CC(=O)CC[C@]4(C)[C@H]3[C@@H](O)C[C@@]21C. The van der Waals surface area contributed by atoms with Crippen molar-refractivity contribution in [3.05, 3.63) is 45.5 Å². The van der Waals surface area contributed by atoms with Gasteiger partial charge in [-0.25, -0.2) is 4.79 Å². The van der Waals surface area contributed by atoms with Gasteiger partial charge in [0.1, 0.15) is 11.6 Å². The first-order valence-electron chi connectivity index (χ1n) is 16.7. The van der Waals surface area contributed by atoms with Crippen LogP contribution in [0.15, 0.2) is 29.8 Å². The Bertz CT molecular complexity index is 1590. The molecule has 4 N–H and O–H groups in total. The summed E-state index contributed by atoms with van der Waals surface area (Å²) in [6, 6.07) is 2.28. The van der Waals surface area contributed by atoms with Crippen LogP contribution in [0.5, 0.6) is 5.75 Å². The fraction of sp³-hybridized carbons (Fsp3) is 0.629. The normalized spacial score (nSPS) is 32.4. The number of carbonyl (C=O) groups is 5. The molecule has 0 spiro atoms. The highest BCUT2D eigenvalue weighted by Crippen LogP contribution is 2.67. The Morgan fingerprint density at radius 1 is 1.12 bits per heavy atom. The first-order valence-corrected chi connectivity index (χ1v) is 16.7. The molecule has 0 unspecified atom stereocenters. The van der Waals surface area contributed by atoms with Crippen molar-refractivity contribution in [2.24, 2.45) is 28.6 Å². The number of aliphatic hydroxyl groups excluding tert-OH is 1. The number of aromatic hydroxyl groups is 1. The van der Waals surface area contributed by atoms with Gasteiger partial charge in [-0.3, -0.25) is 29.3 Å². The number of hydrogen-bond acceptors (Lipinski definition) is 12. The molecule has 14 heteroatoms. The van der Waals surface area contributed by atoms with Crippen LogP contribution < -0.4 is 5.32 Å². The summed E-state index contributed by atoms with van der Waals surface area (Å²) in [7, 11) is 1.10. The van der Waals surface area contributed by atoms with E-state index >= 15 is 0 Å². The number of ketones is 2. The molecular formula is C35H44N2O12. The minimum Gasteiger partial charge on any atom is -0.502 e. The second kappa shape index (κ2) is 13.6. The van der Waals surface area contributed by atoms with Crippen LogP contribution in [0.4, 0.5) is 5.69 Å². The zero-order valence-electron chi connectivity index (χ0n) is 27.9. The molecule has 49 heavy (non-hydrogen) atoms. The van der Waals surface area contributed by atoms with Crippen molar-refractivity contribution in [3.8, 4) is 5.75 Å². The lowest BCUT2D eigenvalue weighted by molar-refractivity contribution is -0.385. The van der Waals surface area contributed by atoms with Crippen molar-refractivity contribution in [1.82, 2.24) is 5.32 Å². The average molecular weight is 685 g/mol. The van der Waals surface area contributed by atoms with E-state index in [1.807, 2.05) is 6.92 Å². The number of benzene rings is 1. The van der Waals surface area contributed by atoms with Crippen molar-refractivity contribution in [3.63, 3.8) is 0 Å². The lowest BCUT2D eigenvalue weighted by Gasteiger charge is -2.60. The third-order valence-electron chi connectivity index (χ3n) is 11.9. The van der Waals surface area contributed by atoms with Crippen molar-refractivity contribution < 1.29 is 53.7 Å². The van der Waals surface area contributed by atoms with E-state index < -0.39 is 82.6 Å². The van der Waals surface area contributed by atoms with E-state index in [-0.39, 0.29) is 53.8 Å². The van der Waals surface area contributed by atoms with Gasteiger partial charge < -0.3 is 30.1 Å². The number of Topliss-reactive ketones (excluding diaryl/α,β-unsaturated/α-hetero) is 1. The van der Waals surface area contributed by atoms with Gasteiger partial charge in [-0.15, -0.1) is 0 Å². The van der Waals surface area contributed by atoms with Crippen molar-refractivity contribution >= 4 is 35.1 Å².